The van der Waals surface area contributed by atoms with Crippen LogP contribution >= 0.6 is 22.7 Å². The van der Waals surface area contributed by atoms with Crippen LogP contribution in [0.15, 0.2) is 182 Å². The normalized spacial score (nSPS) is 15.6. The number of esters is 4. The smallest absolute Gasteiger partial charge is 0.369 e. The highest BCUT2D eigenvalue weighted by Gasteiger charge is 2.62. The van der Waals surface area contributed by atoms with Gasteiger partial charge in [-0.2, -0.15) is 0 Å². The van der Waals surface area contributed by atoms with Crippen LogP contribution in [-0.2, 0) is 85.3 Å². The molecule has 84 heavy (non-hydrogen) atoms. The summed E-state index contributed by atoms with van der Waals surface area (Å²) in [6.45, 7) is -1.30. The summed E-state index contributed by atoms with van der Waals surface area (Å²) in [7, 11) is 0. The first-order valence-electron chi connectivity index (χ1n) is 26.2. The lowest BCUT2D eigenvalue weighted by molar-refractivity contribution is -0.185. The minimum atomic E-state index is -2.84. The Bertz CT molecular complexity index is 3930. The Kier molecular flexibility index (Phi) is 13.4. The fourth-order valence-electron chi connectivity index (χ4n) is 10.3. The number of allylic oxidation sites excluding steroid dienone is 2. The van der Waals surface area contributed by atoms with Gasteiger partial charge in [-0.25, -0.2) is 29.1 Å². The van der Waals surface area contributed by atoms with E-state index in [1.54, 1.807) is 158 Å². The van der Waals surface area contributed by atoms with Crippen LogP contribution in [-0.4, -0.2) is 57.0 Å². The van der Waals surface area contributed by atoms with Gasteiger partial charge in [0.2, 0.25) is 23.1 Å². The van der Waals surface area contributed by atoms with Crippen molar-refractivity contribution in [1.29, 1.82) is 0 Å². The van der Waals surface area contributed by atoms with Crippen molar-refractivity contribution >= 4 is 93.0 Å². The highest BCUT2D eigenvalue weighted by molar-refractivity contribution is 7.17. The molecule has 0 N–H and O–H groups in total. The lowest BCUT2D eigenvalue weighted by Gasteiger charge is -2.36. The molecule has 0 radical (unpaired) electrons. The van der Waals surface area contributed by atoms with E-state index in [1.807, 2.05) is 0 Å². The predicted molar refractivity (Wildman–Crippen MR) is 306 cm³/mol. The van der Waals surface area contributed by atoms with E-state index in [2.05, 4.69) is 0 Å². The summed E-state index contributed by atoms with van der Waals surface area (Å²) in [5.41, 5.74) is -2.75. The molecule has 2 aromatic heterocycles. The van der Waals surface area contributed by atoms with Crippen molar-refractivity contribution in [3.63, 3.8) is 0 Å². The number of thiazole rings is 2. The molecular formula is C66H40N2O14S2. The Hall–Kier alpha value is -10.6. The number of ether oxygens (including phenoxy) is 6. The first-order chi connectivity index (χ1) is 40.9. The van der Waals surface area contributed by atoms with Crippen LogP contribution < -0.4 is 9.47 Å². The van der Waals surface area contributed by atoms with Gasteiger partial charge < -0.3 is 28.4 Å². The number of carbonyl (C=O) groups is 8. The van der Waals surface area contributed by atoms with Crippen molar-refractivity contribution in [3.05, 3.63) is 248 Å². The molecule has 4 aliphatic rings. The molecule has 0 amide bonds. The Morgan fingerprint density at radius 3 is 0.976 bits per heavy atom. The van der Waals surface area contributed by atoms with E-state index in [1.165, 1.54) is 36.4 Å². The number of nitrogens with zero attached hydrogens (tertiary/aromatic N) is 2. The van der Waals surface area contributed by atoms with E-state index in [9.17, 15) is 19.2 Å². The molecule has 0 saturated heterocycles. The van der Waals surface area contributed by atoms with E-state index in [-0.39, 0.29) is 102 Å². The SMILES string of the molecule is O=C1C(=O)c2ccccc2/C1=C/c1nc2c(s1)-c1cc3c(cc1OC2(C(=O)OCc1ccccc1)C(=O)OCc1ccccc1)-c1sc(/C=C2\C(=O)C(=O)c4ccccc42)nc1C(C(=O)OCc1ccccc1)(C(=O)OCc1ccccc1)O3. The molecular weight excluding hydrogens is 1110 g/mol. The monoisotopic (exact) mass is 1150 g/mol. The fourth-order valence-corrected chi connectivity index (χ4v) is 12.4. The van der Waals surface area contributed by atoms with Gasteiger partial charge in [-0.3, -0.25) is 19.2 Å². The molecule has 7 aromatic carbocycles. The Morgan fingerprint density at radius 2 is 0.667 bits per heavy atom. The fraction of sp³-hybridized carbons (Fsp3) is 0.0909. The second kappa shape index (κ2) is 21.4. The zero-order chi connectivity index (χ0) is 57.7. The van der Waals surface area contributed by atoms with Crippen molar-refractivity contribution in [2.24, 2.45) is 0 Å². The molecule has 0 unspecified atom stereocenters. The van der Waals surface area contributed by atoms with Crippen LogP contribution in [0, 0.1) is 0 Å². The summed E-state index contributed by atoms with van der Waals surface area (Å²) in [5, 5.41) is 0.0950. The van der Waals surface area contributed by atoms with Crippen molar-refractivity contribution < 1.29 is 66.8 Å². The molecule has 4 heterocycles. The van der Waals surface area contributed by atoms with E-state index in [4.69, 9.17) is 38.4 Å². The molecule has 2 aliphatic carbocycles. The predicted octanol–water partition coefficient (Wildman–Crippen LogP) is 10.7. The van der Waals surface area contributed by atoms with Gasteiger partial charge in [0.25, 0.3) is 0 Å². The maximum absolute atomic E-state index is 15.3. The largest absolute Gasteiger partial charge is 0.458 e. The number of fused-ring (bicyclic) bond motifs is 8. The third kappa shape index (κ3) is 9.09. The molecule has 0 atom stereocenters. The number of Topliss-reactive ketones (excluding diaryl/α,β-unsaturated/α-hetero) is 4. The van der Waals surface area contributed by atoms with E-state index in [0.717, 1.165) is 22.7 Å². The molecule has 0 spiro atoms. The standard InChI is InChI=1S/C66H40N2O14S2/c69-53-43-27-15-13-25-41(43)45(55(53)71)31-51-67-59-57(83-51)47-30-50-48(29-49(47)81-65(59,61(73)77-33-37-17-5-1-6-18-37)62(74)78-34-38-19-7-2-8-20-38)58-60(68-52(84-58)32-46-42-26-14-16-28-44(42)54(70)56(46)72)66(82-50,63(75)79-35-39-21-9-3-10-22-39)64(76)80-36-40-23-11-4-12-24-40/h1-32H,33-36H2/b45-31-,46-32-. The molecule has 16 nitrogen and oxygen atoms in total. The van der Waals surface area contributed by atoms with Gasteiger partial charge in [0.15, 0.2) is 0 Å². The summed E-state index contributed by atoms with van der Waals surface area (Å²) in [6, 6.07) is 50.7. The summed E-state index contributed by atoms with van der Waals surface area (Å²) in [5.74, 6) is -8.27. The quantitative estimate of drug-likeness (QED) is 0.0325. The highest BCUT2D eigenvalue weighted by Crippen LogP contribution is 2.57. The summed E-state index contributed by atoms with van der Waals surface area (Å²) < 4.78 is 37.6. The second-order valence-electron chi connectivity index (χ2n) is 19.6. The van der Waals surface area contributed by atoms with Crippen molar-refractivity contribution in [2.45, 2.75) is 37.6 Å². The lowest BCUT2D eigenvalue weighted by atomic mass is 9.88. The Balaban J connectivity index is 1.02. The number of hydrogen-bond acceptors (Lipinski definition) is 18. The molecule has 0 saturated carbocycles. The third-order valence-corrected chi connectivity index (χ3v) is 16.5. The minimum Gasteiger partial charge on any atom is -0.458 e. The molecule has 0 bridgehead atoms. The molecule has 410 valence electrons. The third-order valence-electron chi connectivity index (χ3n) is 14.4. The number of aromatic nitrogens is 2. The number of carbonyl (C=O) groups excluding carboxylic acids is 8. The average molecular weight is 1150 g/mol. The van der Waals surface area contributed by atoms with Gasteiger partial charge in [-0.05, 0) is 57.7 Å². The molecule has 13 rings (SSSR count). The van der Waals surface area contributed by atoms with Gasteiger partial charge >= 0.3 is 35.1 Å². The highest BCUT2D eigenvalue weighted by atomic mass is 32.1. The maximum atomic E-state index is 15.3. The van der Waals surface area contributed by atoms with E-state index in [0.29, 0.717) is 33.4 Å². The van der Waals surface area contributed by atoms with Crippen LogP contribution in [0.4, 0.5) is 0 Å². The zero-order valence-corrected chi connectivity index (χ0v) is 45.4. The number of rotatable bonds is 14. The molecule has 9 aromatic rings. The summed E-state index contributed by atoms with van der Waals surface area (Å²) in [4.78, 5) is 125. The van der Waals surface area contributed by atoms with Gasteiger partial charge in [0, 0.05) is 33.4 Å². The van der Waals surface area contributed by atoms with Crippen LogP contribution in [0.1, 0.15) is 75.5 Å². The van der Waals surface area contributed by atoms with Gasteiger partial charge in [-0.1, -0.05) is 170 Å². The van der Waals surface area contributed by atoms with Gasteiger partial charge in [0.1, 0.15) is 59.3 Å². The van der Waals surface area contributed by atoms with E-state index >= 15 is 19.2 Å². The Morgan fingerprint density at radius 1 is 0.381 bits per heavy atom. The van der Waals surface area contributed by atoms with Gasteiger partial charge in [-0.15, -0.1) is 22.7 Å². The first kappa shape index (κ1) is 52.8. The number of ketones is 4. The Labute approximate surface area is 485 Å². The van der Waals surface area contributed by atoms with E-state index < -0.39 is 58.2 Å². The topological polar surface area (TPSA) is 218 Å². The summed E-state index contributed by atoms with van der Waals surface area (Å²) >= 11 is 1.85. The molecule has 0 fully saturated rings. The number of hydrogen-bond donors (Lipinski definition) is 0. The number of benzene rings is 7. The van der Waals surface area contributed by atoms with Crippen molar-refractivity contribution in [2.75, 3.05) is 0 Å². The van der Waals surface area contributed by atoms with Crippen LogP contribution in [0.2, 0.25) is 0 Å². The van der Waals surface area contributed by atoms with Crippen molar-refractivity contribution in [3.8, 4) is 32.4 Å². The minimum absolute atomic E-state index is 0.00369. The van der Waals surface area contributed by atoms with Crippen LogP contribution in [0.5, 0.6) is 11.5 Å². The molecule has 2 aliphatic heterocycles. The van der Waals surface area contributed by atoms with Crippen LogP contribution in [0.25, 0.3) is 44.2 Å². The zero-order valence-electron chi connectivity index (χ0n) is 43.7. The first-order valence-corrected chi connectivity index (χ1v) is 27.8. The van der Waals surface area contributed by atoms with Crippen LogP contribution in [0.3, 0.4) is 0 Å². The molecule has 18 heteroatoms. The lowest BCUT2D eigenvalue weighted by Crippen LogP contribution is -2.53. The van der Waals surface area contributed by atoms with Crippen molar-refractivity contribution in [1.82, 2.24) is 9.97 Å². The maximum Gasteiger partial charge on any atom is 0.369 e. The summed E-state index contributed by atoms with van der Waals surface area (Å²) in [6.07, 6.45) is 2.77. The average Bonchev–Trinajstić information content (AvgIpc) is 1.60. The second-order valence-corrected chi connectivity index (χ2v) is 21.7. The van der Waals surface area contributed by atoms with Gasteiger partial charge in [0.05, 0.1) is 9.75 Å².